The van der Waals surface area contributed by atoms with Crippen LogP contribution in [0, 0.1) is 12.3 Å². The normalized spacial score (nSPS) is 18.0. The molecule has 2 rings (SSSR count). The van der Waals surface area contributed by atoms with E-state index in [4.69, 9.17) is 5.11 Å². The smallest absolute Gasteiger partial charge is 0.339 e. The van der Waals surface area contributed by atoms with Gasteiger partial charge in [-0.25, -0.2) is 14.8 Å². The highest BCUT2D eigenvalue weighted by Gasteiger charge is 2.26. The highest BCUT2D eigenvalue weighted by molar-refractivity contribution is 5.88. The van der Waals surface area contributed by atoms with E-state index in [-0.39, 0.29) is 5.56 Å². The van der Waals surface area contributed by atoms with E-state index < -0.39 is 5.97 Å². The molecule has 0 bridgehead atoms. The molecule has 0 saturated heterocycles. The lowest BCUT2D eigenvalue weighted by atomic mass is 9.76. The van der Waals surface area contributed by atoms with E-state index in [1.54, 1.807) is 6.92 Å². The lowest BCUT2D eigenvalue weighted by Gasteiger charge is -2.33. The minimum Gasteiger partial charge on any atom is -0.478 e. The van der Waals surface area contributed by atoms with Gasteiger partial charge in [0.1, 0.15) is 0 Å². The number of hydrogen-bond acceptors (Lipinski definition) is 4. The molecule has 104 valence electrons. The van der Waals surface area contributed by atoms with E-state index >= 15 is 0 Å². The van der Waals surface area contributed by atoms with Gasteiger partial charge in [-0.3, -0.25) is 0 Å². The molecule has 2 N–H and O–H groups in total. The van der Waals surface area contributed by atoms with Crippen molar-refractivity contribution in [3.8, 4) is 0 Å². The molecule has 19 heavy (non-hydrogen) atoms. The maximum atomic E-state index is 10.9. The van der Waals surface area contributed by atoms with Gasteiger partial charge in [-0.15, -0.1) is 0 Å². The number of carboxylic acid groups (broad SMARTS) is 1. The van der Waals surface area contributed by atoms with E-state index in [0.717, 1.165) is 6.54 Å². The predicted molar refractivity (Wildman–Crippen MR) is 73.4 cm³/mol. The quantitative estimate of drug-likeness (QED) is 0.873. The summed E-state index contributed by atoms with van der Waals surface area (Å²) in [6.07, 6.45) is 7.74. The highest BCUT2D eigenvalue weighted by atomic mass is 16.4. The zero-order chi connectivity index (χ0) is 13.9. The third-order valence-corrected chi connectivity index (χ3v) is 3.94. The second-order valence-corrected chi connectivity index (χ2v) is 5.72. The predicted octanol–water partition coefficient (Wildman–Crippen LogP) is 2.87. The number of rotatable bonds is 4. The summed E-state index contributed by atoms with van der Waals surface area (Å²) >= 11 is 0. The van der Waals surface area contributed by atoms with Crippen molar-refractivity contribution in [2.45, 2.75) is 46.0 Å². The summed E-state index contributed by atoms with van der Waals surface area (Å²) in [5.74, 6) is -0.461. The van der Waals surface area contributed by atoms with Crippen LogP contribution in [0.3, 0.4) is 0 Å². The fourth-order valence-corrected chi connectivity index (χ4v) is 2.64. The maximum Gasteiger partial charge on any atom is 0.339 e. The standard InChI is InChI=1S/C14H21N3O2/c1-10-11(12(18)19)8-15-13(17-10)16-9-14(2)6-4-3-5-7-14/h8H,3-7,9H2,1-2H3,(H,18,19)(H,15,16,17). The Bertz CT molecular complexity index is 468. The first-order valence-corrected chi connectivity index (χ1v) is 6.81. The van der Waals surface area contributed by atoms with Crippen molar-refractivity contribution in [2.24, 2.45) is 5.41 Å². The van der Waals surface area contributed by atoms with Gasteiger partial charge in [0.15, 0.2) is 0 Å². The molecule has 1 aromatic heterocycles. The Morgan fingerprint density at radius 3 is 2.68 bits per heavy atom. The number of carboxylic acids is 1. The number of carbonyl (C=O) groups is 1. The summed E-state index contributed by atoms with van der Waals surface area (Å²) < 4.78 is 0. The van der Waals surface area contributed by atoms with Crippen LogP contribution in [0.5, 0.6) is 0 Å². The number of nitrogens with one attached hydrogen (secondary N) is 1. The SMILES string of the molecule is Cc1nc(NCC2(C)CCCCC2)ncc1C(=O)O. The third kappa shape index (κ3) is 3.43. The van der Waals surface area contributed by atoms with Gasteiger partial charge in [0.05, 0.1) is 11.3 Å². The molecule has 1 aliphatic rings. The molecule has 0 spiro atoms. The van der Waals surface area contributed by atoms with Gasteiger partial charge in [-0.05, 0) is 25.2 Å². The van der Waals surface area contributed by atoms with Crippen LogP contribution < -0.4 is 5.32 Å². The largest absolute Gasteiger partial charge is 0.478 e. The van der Waals surface area contributed by atoms with Crippen molar-refractivity contribution < 1.29 is 9.90 Å². The van der Waals surface area contributed by atoms with Crippen LogP contribution in [0.1, 0.15) is 55.1 Å². The second-order valence-electron chi connectivity index (χ2n) is 5.72. The molecule has 1 aromatic rings. The van der Waals surface area contributed by atoms with E-state index in [2.05, 4.69) is 22.2 Å². The third-order valence-electron chi connectivity index (χ3n) is 3.94. The molecule has 1 aliphatic carbocycles. The van der Waals surface area contributed by atoms with Gasteiger partial charge in [0.2, 0.25) is 5.95 Å². The molecule has 5 heteroatoms. The first kappa shape index (κ1) is 13.8. The number of aryl methyl sites for hydroxylation is 1. The van der Waals surface area contributed by atoms with Crippen molar-refractivity contribution in [1.29, 1.82) is 0 Å². The van der Waals surface area contributed by atoms with Crippen LogP contribution in [0.4, 0.5) is 5.95 Å². The molecule has 1 fully saturated rings. The van der Waals surface area contributed by atoms with Crippen LogP contribution in [0.25, 0.3) is 0 Å². The number of anilines is 1. The molecule has 5 nitrogen and oxygen atoms in total. The number of aromatic nitrogens is 2. The molecule has 0 aromatic carbocycles. The first-order valence-electron chi connectivity index (χ1n) is 6.81. The minimum absolute atomic E-state index is 0.162. The Balaban J connectivity index is 2.00. The lowest BCUT2D eigenvalue weighted by molar-refractivity contribution is 0.0695. The van der Waals surface area contributed by atoms with Crippen LogP contribution in [0.2, 0.25) is 0 Å². The fourth-order valence-electron chi connectivity index (χ4n) is 2.64. The maximum absolute atomic E-state index is 10.9. The van der Waals surface area contributed by atoms with Crippen LogP contribution in [-0.2, 0) is 0 Å². The van der Waals surface area contributed by atoms with Gasteiger partial charge in [-0.1, -0.05) is 26.2 Å². The average Bonchev–Trinajstić information content (AvgIpc) is 2.37. The summed E-state index contributed by atoms with van der Waals surface area (Å²) in [5.41, 5.74) is 0.967. The van der Waals surface area contributed by atoms with Crippen LogP contribution >= 0.6 is 0 Å². The number of aromatic carboxylic acids is 1. The van der Waals surface area contributed by atoms with Crippen molar-refractivity contribution in [3.63, 3.8) is 0 Å². The van der Waals surface area contributed by atoms with Crippen molar-refractivity contribution >= 4 is 11.9 Å². The zero-order valence-corrected chi connectivity index (χ0v) is 11.6. The Kier molecular flexibility index (Phi) is 4.02. The average molecular weight is 263 g/mol. The lowest BCUT2D eigenvalue weighted by Crippen LogP contribution is -2.29. The summed E-state index contributed by atoms with van der Waals surface area (Å²) in [6.45, 7) is 4.83. The molecular weight excluding hydrogens is 242 g/mol. The Hall–Kier alpha value is -1.65. The molecule has 1 saturated carbocycles. The van der Waals surface area contributed by atoms with Gasteiger partial charge in [0, 0.05) is 12.7 Å². The molecule has 0 amide bonds. The van der Waals surface area contributed by atoms with Gasteiger partial charge >= 0.3 is 5.97 Å². The summed E-state index contributed by atoms with van der Waals surface area (Å²) in [7, 11) is 0. The van der Waals surface area contributed by atoms with Crippen molar-refractivity contribution in [2.75, 3.05) is 11.9 Å². The summed E-state index contributed by atoms with van der Waals surface area (Å²) in [4.78, 5) is 19.2. The Morgan fingerprint density at radius 1 is 1.42 bits per heavy atom. The van der Waals surface area contributed by atoms with Crippen molar-refractivity contribution in [1.82, 2.24) is 9.97 Å². The number of hydrogen-bond donors (Lipinski definition) is 2. The summed E-state index contributed by atoms with van der Waals surface area (Å²) in [5, 5.41) is 12.2. The van der Waals surface area contributed by atoms with E-state index in [9.17, 15) is 4.79 Å². The summed E-state index contributed by atoms with van der Waals surface area (Å²) in [6, 6.07) is 0. The fraction of sp³-hybridized carbons (Fsp3) is 0.643. The Morgan fingerprint density at radius 2 is 2.11 bits per heavy atom. The monoisotopic (exact) mass is 263 g/mol. The highest BCUT2D eigenvalue weighted by Crippen LogP contribution is 2.35. The van der Waals surface area contributed by atoms with E-state index in [1.165, 1.54) is 38.3 Å². The molecule has 0 unspecified atom stereocenters. The van der Waals surface area contributed by atoms with Crippen molar-refractivity contribution in [3.05, 3.63) is 17.5 Å². The second kappa shape index (κ2) is 5.55. The minimum atomic E-state index is -0.983. The topological polar surface area (TPSA) is 75.1 Å². The number of nitrogens with zero attached hydrogens (tertiary/aromatic N) is 2. The molecule has 0 aliphatic heterocycles. The van der Waals surface area contributed by atoms with Gasteiger partial charge in [0.25, 0.3) is 0 Å². The van der Waals surface area contributed by atoms with Crippen LogP contribution in [0.15, 0.2) is 6.20 Å². The molecule has 0 atom stereocenters. The molecular formula is C14H21N3O2. The van der Waals surface area contributed by atoms with Crippen LogP contribution in [-0.4, -0.2) is 27.6 Å². The molecule has 1 heterocycles. The van der Waals surface area contributed by atoms with E-state index in [1.807, 2.05) is 0 Å². The molecule has 0 radical (unpaired) electrons. The first-order chi connectivity index (χ1) is 9.00. The van der Waals surface area contributed by atoms with Gasteiger partial charge in [-0.2, -0.15) is 0 Å². The zero-order valence-electron chi connectivity index (χ0n) is 11.6. The van der Waals surface area contributed by atoms with E-state index in [0.29, 0.717) is 17.1 Å². The van der Waals surface area contributed by atoms with Gasteiger partial charge < -0.3 is 10.4 Å². The Labute approximate surface area is 113 Å².